The Morgan fingerprint density at radius 3 is 1.84 bits per heavy atom. The van der Waals surface area contributed by atoms with E-state index in [-0.39, 0.29) is 5.56 Å². The van der Waals surface area contributed by atoms with E-state index in [1.165, 1.54) is 19.1 Å². The molecule has 0 radical (unpaired) electrons. The van der Waals surface area contributed by atoms with Crippen LogP contribution in [0.5, 0.6) is 0 Å². The highest BCUT2D eigenvalue weighted by Gasteiger charge is 2.75. The number of alkyl halides is 7. The topological polar surface area (TPSA) is 20.2 Å². The first kappa shape index (κ1) is 15.7. The Bertz CT molecular complexity index is 453. The first-order chi connectivity index (χ1) is 8.43. The largest absolute Gasteiger partial charge is 0.459 e. The quantitative estimate of drug-likeness (QED) is 0.838. The first-order valence-electron chi connectivity index (χ1n) is 4.99. The summed E-state index contributed by atoms with van der Waals surface area (Å²) in [5.74, 6) is -12.0. The molecule has 0 fully saturated rings. The van der Waals surface area contributed by atoms with Gasteiger partial charge in [0.25, 0.3) is 0 Å². The second-order valence-electron chi connectivity index (χ2n) is 3.95. The van der Waals surface area contributed by atoms with Gasteiger partial charge in [-0.2, -0.15) is 30.7 Å². The van der Waals surface area contributed by atoms with Gasteiger partial charge in [-0.05, 0) is 18.1 Å². The van der Waals surface area contributed by atoms with Crippen LogP contribution in [0.1, 0.15) is 17.2 Å². The molecule has 0 aliphatic rings. The van der Waals surface area contributed by atoms with Gasteiger partial charge in [0.05, 0.1) is 0 Å². The number of benzene rings is 1. The summed E-state index contributed by atoms with van der Waals surface area (Å²) in [6, 6.07) is 4.58. The number of hydrogen-bond acceptors (Lipinski definition) is 1. The third-order valence-corrected chi connectivity index (χ3v) is 2.60. The molecule has 19 heavy (non-hydrogen) atoms. The van der Waals surface area contributed by atoms with Crippen LogP contribution in [-0.4, -0.2) is 23.1 Å². The summed E-state index contributed by atoms with van der Waals surface area (Å²) in [4.78, 5) is 0. The van der Waals surface area contributed by atoms with Crippen LogP contribution in [-0.2, 0) is 0 Å². The average molecular weight is 290 g/mol. The number of rotatable bonds is 3. The Kier molecular flexibility index (Phi) is 3.86. The molecule has 0 bridgehead atoms. The Hall–Kier alpha value is -1.31. The summed E-state index contributed by atoms with van der Waals surface area (Å²) in [6.07, 6.45) is -9.72. The zero-order valence-electron chi connectivity index (χ0n) is 9.48. The highest BCUT2D eigenvalue weighted by Crippen LogP contribution is 2.51. The molecule has 0 saturated carbocycles. The van der Waals surface area contributed by atoms with E-state index in [0.717, 1.165) is 12.1 Å². The highest BCUT2D eigenvalue weighted by molar-refractivity contribution is 5.29. The van der Waals surface area contributed by atoms with Crippen LogP contribution in [0.25, 0.3) is 0 Å². The third-order valence-electron chi connectivity index (χ3n) is 2.60. The van der Waals surface area contributed by atoms with Crippen LogP contribution in [0.4, 0.5) is 30.7 Å². The van der Waals surface area contributed by atoms with E-state index in [9.17, 15) is 35.8 Å². The average Bonchev–Trinajstić information content (AvgIpc) is 2.27. The maximum absolute atomic E-state index is 13.2. The van der Waals surface area contributed by atoms with E-state index in [1.807, 2.05) is 0 Å². The van der Waals surface area contributed by atoms with Crippen molar-refractivity contribution in [2.45, 2.75) is 31.0 Å². The van der Waals surface area contributed by atoms with Crippen molar-refractivity contribution in [2.24, 2.45) is 0 Å². The van der Waals surface area contributed by atoms with Gasteiger partial charge in [-0.3, -0.25) is 0 Å². The van der Waals surface area contributed by atoms with Crippen LogP contribution in [0, 0.1) is 6.92 Å². The summed E-state index contributed by atoms with van der Waals surface area (Å²) in [6.45, 7) is 1.21. The van der Waals surface area contributed by atoms with Gasteiger partial charge < -0.3 is 5.11 Å². The Morgan fingerprint density at radius 1 is 0.947 bits per heavy atom. The zero-order chi connectivity index (χ0) is 15.1. The van der Waals surface area contributed by atoms with E-state index in [1.54, 1.807) is 0 Å². The molecule has 1 nitrogen and oxygen atoms in total. The van der Waals surface area contributed by atoms with Crippen LogP contribution >= 0.6 is 0 Å². The molecule has 0 aliphatic heterocycles. The molecule has 1 unspecified atom stereocenters. The summed E-state index contributed by atoms with van der Waals surface area (Å²) in [7, 11) is 0. The van der Waals surface area contributed by atoms with Crippen molar-refractivity contribution in [1.29, 1.82) is 0 Å². The molecule has 1 atom stereocenters. The van der Waals surface area contributed by atoms with Crippen molar-refractivity contribution in [3.05, 3.63) is 35.4 Å². The van der Waals surface area contributed by atoms with Crippen molar-refractivity contribution < 1.29 is 35.8 Å². The molecular weight excluding hydrogens is 281 g/mol. The van der Waals surface area contributed by atoms with Crippen molar-refractivity contribution in [2.75, 3.05) is 0 Å². The minimum Gasteiger partial charge on any atom is -0.382 e. The molecule has 1 aromatic rings. The predicted molar refractivity (Wildman–Crippen MR) is 52.1 cm³/mol. The number of aliphatic hydroxyl groups excluding tert-OH is 1. The molecule has 1 aromatic carbocycles. The van der Waals surface area contributed by atoms with Gasteiger partial charge in [-0.25, -0.2) is 0 Å². The monoisotopic (exact) mass is 290 g/mol. The molecule has 0 heterocycles. The molecule has 1 N–H and O–H groups in total. The van der Waals surface area contributed by atoms with Crippen molar-refractivity contribution in [3.8, 4) is 0 Å². The van der Waals surface area contributed by atoms with Crippen LogP contribution in [0.2, 0.25) is 0 Å². The number of halogens is 7. The summed E-state index contributed by atoms with van der Waals surface area (Å²) in [5, 5.41) is 9.20. The maximum Gasteiger partial charge on any atom is 0.459 e. The van der Waals surface area contributed by atoms with Gasteiger partial charge in [0, 0.05) is 0 Å². The molecule has 0 spiro atoms. The number of aliphatic hydroxyl groups is 1. The highest BCUT2D eigenvalue weighted by atomic mass is 19.4. The van der Waals surface area contributed by atoms with Gasteiger partial charge in [-0.15, -0.1) is 0 Å². The van der Waals surface area contributed by atoms with E-state index in [2.05, 4.69) is 0 Å². The first-order valence-corrected chi connectivity index (χ1v) is 4.99. The molecule has 0 aliphatic carbocycles. The fraction of sp³-hybridized carbons (Fsp3) is 0.455. The molecule has 0 aromatic heterocycles. The summed E-state index contributed by atoms with van der Waals surface area (Å²) >= 11 is 0. The zero-order valence-corrected chi connectivity index (χ0v) is 9.48. The molecule has 8 heteroatoms. The lowest BCUT2D eigenvalue weighted by Crippen LogP contribution is -2.54. The molecule has 0 amide bonds. The van der Waals surface area contributed by atoms with Gasteiger partial charge in [0.15, 0.2) is 0 Å². The molecule has 0 saturated heterocycles. The van der Waals surface area contributed by atoms with Crippen molar-refractivity contribution in [1.82, 2.24) is 0 Å². The lowest BCUT2D eigenvalue weighted by molar-refractivity contribution is -0.372. The van der Waals surface area contributed by atoms with Crippen LogP contribution < -0.4 is 0 Å². The lowest BCUT2D eigenvalue weighted by Gasteiger charge is -2.32. The van der Waals surface area contributed by atoms with Crippen LogP contribution in [0.15, 0.2) is 24.3 Å². The number of hydrogen-bond donors (Lipinski definition) is 1. The van der Waals surface area contributed by atoms with E-state index in [4.69, 9.17) is 0 Å². The minimum absolute atomic E-state index is 0.0207. The minimum atomic E-state index is -6.46. The van der Waals surface area contributed by atoms with Gasteiger partial charge in [0.2, 0.25) is 0 Å². The fourth-order valence-electron chi connectivity index (χ4n) is 1.45. The standard InChI is InChI=1S/C11H9F7O/c1-6-4-2-3-5-7(6)8(19)9(12,13)10(14,15)11(16,17)18/h2-5,8,19H,1H3. The maximum atomic E-state index is 13.2. The molecule has 108 valence electrons. The van der Waals surface area contributed by atoms with Crippen molar-refractivity contribution >= 4 is 0 Å². The Labute approximate surface area is 103 Å². The normalized spacial score (nSPS) is 15.4. The predicted octanol–water partition coefficient (Wildman–Crippen LogP) is 3.86. The third kappa shape index (κ3) is 2.54. The van der Waals surface area contributed by atoms with Crippen LogP contribution in [0.3, 0.4) is 0 Å². The summed E-state index contributed by atoms with van der Waals surface area (Å²) in [5.41, 5.74) is -0.705. The Morgan fingerprint density at radius 2 is 1.42 bits per heavy atom. The smallest absolute Gasteiger partial charge is 0.382 e. The fourth-order valence-corrected chi connectivity index (χ4v) is 1.45. The van der Waals surface area contributed by atoms with E-state index < -0.39 is 29.7 Å². The molecular formula is C11H9F7O. The molecule has 1 rings (SSSR count). The summed E-state index contributed by atoms with van der Waals surface area (Å²) < 4.78 is 87.8. The van der Waals surface area contributed by atoms with E-state index in [0.29, 0.717) is 0 Å². The van der Waals surface area contributed by atoms with E-state index >= 15 is 0 Å². The number of aryl methyl sites for hydroxylation is 1. The second kappa shape index (κ2) is 4.66. The Balaban J connectivity index is 3.24. The van der Waals surface area contributed by atoms with Gasteiger partial charge in [0.1, 0.15) is 6.10 Å². The van der Waals surface area contributed by atoms with Gasteiger partial charge in [-0.1, -0.05) is 24.3 Å². The SMILES string of the molecule is Cc1ccccc1C(O)C(F)(F)C(F)(F)C(F)(F)F. The van der Waals surface area contributed by atoms with Gasteiger partial charge >= 0.3 is 18.0 Å². The van der Waals surface area contributed by atoms with Crippen molar-refractivity contribution in [3.63, 3.8) is 0 Å². The lowest BCUT2D eigenvalue weighted by atomic mass is 9.95. The second-order valence-corrected chi connectivity index (χ2v) is 3.95.